The summed E-state index contributed by atoms with van der Waals surface area (Å²) in [4.78, 5) is 29.6. The number of amides is 2. The number of halogens is 3. The highest BCUT2D eigenvalue weighted by molar-refractivity contribution is 6.03. The minimum atomic E-state index is -4.50. The molecule has 13 heteroatoms. The van der Waals surface area contributed by atoms with E-state index in [0.717, 1.165) is 12.1 Å². The molecule has 4 rings (SSSR count). The molecule has 2 atom stereocenters. The van der Waals surface area contributed by atoms with Crippen molar-refractivity contribution >= 4 is 23.4 Å². The maximum Gasteiger partial charge on any atom is 0.416 e. The molecule has 0 spiro atoms. The van der Waals surface area contributed by atoms with E-state index in [1.807, 2.05) is 18.9 Å². The van der Waals surface area contributed by atoms with Gasteiger partial charge in [0.1, 0.15) is 12.7 Å². The normalized spacial score (nSPS) is 16.4. The minimum absolute atomic E-state index is 0.0954. The van der Waals surface area contributed by atoms with E-state index >= 15 is 0 Å². The third-order valence-electron chi connectivity index (χ3n) is 6.02. The SMILES string of the molecule is C[C@@H]1CCN(C)c2ccc(-c3cccc(C(F)(F)F)c3)nc2N1C(=O)Nc1cnc(OC[C@H](O)CO)cn1. The molecule has 1 aliphatic rings. The van der Waals surface area contributed by atoms with Crippen LogP contribution in [-0.2, 0) is 6.18 Å². The zero-order chi connectivity index (χ0) is 27.4. The van der Waals surface area contributed by atoms with Crippen molar-refractivity contribution in [2.75, 3.05) is 41.9 Å². The molecular weight excluding hydrogens is 505 g/mol. The fraction of sp³-hybridized carbons (Fsp3) is 0.360. The highest BCUT2D eigenvalue weighted by Gasteiger charge is 2.32. The highest BCUT2D eigenvalue weighted by atomic mass is 19.4. The van der Waals surface area contributed by atoms with Crippen LogP contribution < -0.4 is 19.9 Å². The summed E-state index contributed by atoms with van der Waals surface area (Å²) in [6, 6.07) is 7.42. The number of rotatable bonds is 6. The zero-order valence-electron chi connectivity index (χ0n) is 20.7. The van der Waals surface area contributed by atoms with Crippen LogP contribution in [0.4, 0.5) is 35.3 Å². The van der Waals surface area contributed by atoms with E-state index < -0.39 is 30.5 Å². The first-order valence-corrected chi connectivity index (χ1v) is 11.8. The van der Waals surface area contributed by atoms with E-state index in [9.17, 15) is 23.1 Å². The molecule has 3 aromatic rings. The number of nitrogens with zero attached hydrogens (tertiary/aromatic N) is 5. The number of aliphatic hydroxyl groups excluding tert-OH is 2. The molecule has 202 valence electrons. The number of hydrogen-bond donors (Lipinski definition) is 3. The van der Waals surface area contributed by atoms with Gasteiger partial charge in [-0.2, -0.15) is 13.2 Å². The van der Waals surface area contributed by atoms with Gasteiger partial charge in [0.15, 0.2) is 11.6 Å². The first-order valence-electron chi connectivity index (χ1n) is 11.8. The fourth-order valence-electron chi connectivity index (χ4n) is 3.93. The summed E-state index contributed by atoms with van der Waals surface area (Å²) >= 11 is 0. The standard InChI is InChI=1S/C25H27F3N6O4/c1-15-8-9-33(2)20-7-6-19(16-4-3-5-17(10-16)25(26,27)28)31-23(20)34(15)24(37)32-21-11-30-22(12-29-21)38-14-18(36)13-35/h3-7,10-12,15,18,35-36H,8-9,13-14H2,1-2H3,(H,29,32,37)/t15-,18-/m1/s1. The summed E-state index contributed by atoms with van der Waals surface area (Å²) in [7, 11) is 1.86. The quantitative estimate of drug-likeness (QED) is 0.440. The summed E-state index contributed by atoms with van der Waals surface area (Å²) in [5, 5.41) is 20.9. The summed E-state index contributed by atoms with van der Waals surface area (Å²) in [6.45, 7) is 1.85. The Kier molecular flexibility index (Phi) is 7.97. The van der Waals surface area contributed by atoms with Crippen molar-refractivity contribution in [2.24, 2.45) is 0 Å². The maximum absolute atomic E-state index is 13.4. The van der Waals surface area contributed by atoms with E-state index in [1.54, 1.807) is 12.1 Å². The van der Waals surface area contributed by atoms with Gasteiger partial charge in [-0.1, -0.05) is 12.1 Å². The lowest BCUT2D eigenvalue weighted by Gasteiger charge is -2.28. The van der Waals surface area contributed by atoms with Gasteiger partial charge in [-0.15, -0.1) is 0 Å². The Labute approximate surface area is 216 Å². The third kappa shape index (κ3) is 6.11. The molecule has 3 heterocycles. The number of anilines is 3. The smallest absolute Gasteiger partial charge is 0.416 e. The lowest BCUT2D eigenvalue weighted by Crippen LogP contribution is -2.42. The van der Waals surface area contributed by atoms with Gasteiger partial charge in [0.25, 0.3) is 0 Å². The molecule has 1 aliphatic heterocycles. The van der Waals surface area contributed by atoms with Crippen molar-refractivity contribution < 1.29 is 32.9 Å². The largest absolute Gasteiger partial charge is 0.474 e. The van der Waals surface area contributed by atoms with Crippen molar-refractivity contribution in [1.29, 1.82) is 0 Å². The Balaban J connectivity index is 1.62. The number of carbonyl (C=O) groups excluding carboxylic acids is 1. The van der Waals surface area contributed by atoms with Crippen LogP contribution >= 0.6 is 0 Å². The number of aromatic nitrogens is 3. The third-order valence-corrected chi connectivity index (χ3v) is 6.02. The van der Waals surface area contributed by atoms with E-state index in [2.05, 4.69) is 20.3 Å². The topological polar surface area (TPSA) is 124 Å². The number of urea groups is 1. The van der Waals surface area contributed by atoms with Crippen molar-refractivity contribution in [1.82, 2.24) is 15.0 Å². The average molecular weight is 533 g/mol. The number of hydrogen-bond acceptors (Lipinski definition) is 8. The van der Waals surface area contributed by atoms with Crippen LogP contribution in [0.3, 0.4) is 0 Å². The molecule has 0 saturated carbocycles. The summed E-state index contributed by atoms with van der Waals surface area (Å²) < 4.78 is 45.1. The average Bonchev–Trinajstić information content (AvgIpc) is 3.02. The molecule has 0 aliphatic carbocycles. The molecule has 0 unspecified atom stereocenters. The van der Waals surface area contributed by atoms with Gasteiger partial charge in [0.05, 0.1) is 35.9 Å². The van der Waals surface area contributed by atoms with Gasteiger partial charge in [0, 0.05) is 25.2 Å². The summed E-state index contributed by atoms with van der Waals surface area (Å²) in [5.41, 5.74) is 0.429. The highest BCUT2D eigenvalue weighted by Crippen LogP contribution is 2.36. The van der Waals surface area contributed by atoms with Gasteiger partial charge < -0.3 is 19.8 Å². The number of pyridine rings is 1. The Morgan fingerprint density at radius 2 is 2.03 bits per heavy atom. The Morgan fingerprint density at radius 1 is 1.24 bits per heavy atom. The molecule has 2 aromatic heterocycles. The zero-order valence-corrected chi connectivity index (χ0v) is 20.7. The molecule has 1 aromatic carbocycles. The van der Waals surface area contributed by atoms with Crippen molar-refractivity contribution in [3.8, 4) is 17.1 Å². The maximum atomic E-state index is 13.4. The fourth-order valence-corrected chi connectivity index (χ4v) is 3.93. The molecule has 3 N–H and O–H groups in total. The second kappa shape index (κ2) is 11.2. The number of carbonyl (C=O) groups is 1. The van der Waals surface area contributed by atoms with E-state index in [0.29, 0.717) is 30.2 Å². The number of fused-ring (bicyclic) bond motifs is 1. The van der Waals surface area contributed by atoms with Gasteiger partial charge in [0.2, 0.25) is 5.88 Å². The number of aliphatic hydroxyl groups is 2. The first-order chi connectivity index (χ1) is 18.1. The molecular formula is C25H27F3N6O4. The number of nitrogens with one attached hydrogen (secondary N) is 1. The first kappa shape index (κ1) is 27.1. The van der Waals surface area contributed by atoms with Crippen molar-refractivity contribution in [2.45, 2.75) is 31.7 Å². The molecule has 2 amide bonds. The number of alkyl halides is 3. The Morgan fingerprint density at radius 3 is 2.71 bits per heavy atom. The lowest BCUT2D eigenvalue weighted by atomic mass is 10.1. The molecule has 0 bridgehead atoms. The van der Waals surface area contributed by atoms with Gasteiger partial charge in [-0.3, -0.25) is 10.2 Å². The second-order valence-corrected chi connectivity index (χ2v) is 8.86. The predicted octanol–water partition coefficient (Wildman–Crippen LogP) is 3.56. The molecule has 0 saturated heterocycles. The van der Waals surface area contributed by atoms with Crippen LogP contribution in [0.25, 0.3) is 11.3 Å². The lowest BCUT2D eigenvalue weighted by molar-refractivity contribution is -0.137. The van der Waals surface area contributed by atoms with Crippen LogP contribution in [0.1, 0.15) is 18.9 Å². The van der Waals surface area contributed by atoms with Crippen LogP contribution in [0.5, 0.6) is 5.88 Å². The monoisotopic (exact) mass is 532 g/mol. The van der Waals surface area contributed by atoms with Gasteiger partial charge >= 0.3 is 12.2 Å². The van der Waals surface area contributed by atoms with Crippen LogP contribution in [-0.4, -0.2) is 70.1 Å². The molecule has 0 fully saturated rings. The number of ether oxygens (including phenoxy) is 1. The molecule has 0 radical (unpaired) electrons. The van der Waals surface area contributed by atoms with Crippen LogP contribution in [0.15, 0.2) is 48.8 Å². The van der Waals surface area contributed by atoms with Crippen molar-refractivity contribution in [3.63, 3.8) is 0 Å². The van der Waals surface area contributed by atoms with Crippen LogP contribution in [0.2, 0.25) is 0 Å². The summed E-state index contributed by atoms with van der Waals surface area (Å²) in [5.74, 6) is 0.527. The Hall–Kier alpha value is -3.97. The van der Waals surface area contributed by atoms with Gasteiger partial charge in [-0.05, 0) is 37.6 Å². The molecule has 10 nitrogen and oxygen atoms in total. The van der Waals surface area contributed by atoms with E-state index in [4.69, 9.17) is 9.84 Å². The summed E-state index contributed by atoms with van der Waals surface area (Å²) in [6.07, 6.45) is -2.40. The molecule has 38 heavy (non-hydrogen) atoms. The second-order valence-electron chi connectivity index (χ2n) is 8.86. The Bertz CT molecular complexity index is 1270. The van der Waals surface area contributed by atoms with E-state index in [1.165, 1.54) is 29.4 Å². The number of benzene rings is 1. The van der Waals surface area contributed by atoms with Gasteiger partial charge in [-0.25, -0.2) is 19.7 Å². The van der Waals surface area contributed by atoms with Crippen LogP contribution in [0, 0.1) is 0 Å². The predicted molar refractivity (Wildman–Crippen MR) is 134 cm³/mol. The minimum Gasteiger partial charge on any atom is -0.474 e. The van der Waals surface area contributed by atoms with E-state index in [-0.39, 0.29) is 29.9 Å². The van der Waals surface area contributed by atoms with Crippen molar-refractivity contribution in [3.05, 3.63) is 54.4 Å².